The van der Waals surface area contributed by atoms with E-state index in [0.717, 1.165) is 25.6 Å². The number of carbonyl (C=O) groups is 1. The normalized spacial score (nSPS) is 18.9. The fourth-order valence-electron chi connectivity index (χ4n) is 2.13. The fourth-order valence-corrected chi connectivity index (χ4v) is 2.13. The monoisotopic (exact) mass is 297 g/mol. The van der Waals surface area contributed by atoms with Gasteiger partial charge in [-0.3, -0.25) is 4.79 Å². The topological polar surface area (TPSA) is 44.4 Å². The van der Waals surface area contributed by atoms with Crippen molar-refractivity contribution in [1.82, 2.24) is 15.5 Å². The number of hydrogen-bond acceptors (Lipinski definition) is 3. The Morgan fingerprint density at radius 3 is 2.44 bits per heavy atom. The molecule has 1 aliphatic carbocycles. The maximum Gasteiger partial charge on any atom is 0.234 e. The van der Waals surface area contributed by atoms with E-state index in [9.17, 15) is 4.79 Å². The van der Waals surface area contributed by atoms with Crippen LogP contribution in [0.2, 0.25) is 0 Å². The van der Waals surface area contributed by atoms with Crippen LogP contribution in [0.15, 0.2) is 0 Å². The van der Waals surface area contributed by atoms with Crippen LogP contribution < -0.4 is 10.6 Å². The predicted octanol–water partition coefficient (Wildman–Crippen LogP) is 1.04. The first-order chi connectivity index (χ1) is 7.84. The predicted molar refractivity (Wildman–Crippen MR) is 78.8 cm³/mol. The van der Waals surface area contributed by atoms with Crippen LogP contribution in [0.25, 0.3) is 0 Å². The van der Waals surface area contributed by atoms with Crippen molar-refractivity contribution in [2.75, 3.05) is 39.3 Å². The van der Waals surface area contributed by atoms with Gasteiger partial charge < -0.3 is 15.5 Å². The molecule has 0 atom stereocenters. The Kier molecular flexibility index (Phi) is 9.83. The van der Waals surface area contributed by atoms with Crippen LogP contribution in [-0.4, -0.2) is 50.1 Å². The van der Waals surface area contributed by atoms with Gasteiger partial charge in [0, 0.05) is 13.1 Å². The summed E-state index contributed by atoms with van der Waals surface area (Å²) in [5, 5.41) is 6.16. The fraction of sp³-hybridized carbons (Fsp3) is 0.917. The number of likely N-dealkylation sites (tertiary alicyclic amines) is 1. The summed E-state index contributed by atoms with van der Waals surface area (Å²) in [6.45, 7) is 5.71. The lowest BCUT2D eigenvalue weighted by Gasteiger charge is -2.14. The molecule has 0 aromatic carbocycles. The van der Waals surface area contributed by atoms with Crippen molar-refractivity contribution in [3.05, 3.63) is 0 Å². The number of halogens is 2. The number of rotatable bonds is 7. The van der Waals surface area contributed by atoms with Crippen LogP contribution in [0.1, 0.15) is 25.7 Å². The van der Waals surface area contributed by atoms with E-state index in [-0.39, 0.29) is 30.7 Å². The van der Waals surface area contributed by atoms with Gasteiger partial charge in [-0.05, 0) is 51.2 Å². The molecule has 2 N–H and O–H groups in total. The third-order valence-corrected chi connectivity index (χ3v) is 3.36. The lowest BCUT2D eigenvalue weighted by Crippen LogP contribution is -2.38. The largest absolute Gasteiger partial charge is 0.354 e. The second kappa shape index (κ2) is 9.84. The molecule has 4 nitrogen and oxygen atoms in total. The molecule has 2 rings (SSSR count). The highest BCUT2D eigenvalue weighted by Crippen LogP contribution is 2.27. The summed E-state index contributed by atoms with van der Waals surface area (Å²) in [6, 6.07) is 0. The SMILES string of the molecule is Cl.Cl.O=C(CNCC1CC1)NCCN1CCCC1. The van der Waals surface area contributed by atoms with E-state index in [2.05, 4.69) is 15.5 Å². The van der Waals surface area contributed by atoms with E-state index in [1.165, 1.54) is 38.8 Å². The second-order valence-electron chi connectivity index (χ2n) is 4.97. The lowest BCUT2D eigenvalue weighted by molar-refractivity contribution is -0.120. The van der Waals surface area contributed by atoms with Crippen molar-refractivity contribution in [2.24, 2.45) is 5.92 Å². The Balaban J connectivity index is 0.00000144. The summed E-state index contributed by atoms with van der Waals surface area (Å²) < 4.78 is 0. The van der Waals surface area contributed by atoms with E-state index >= 15 is 0 Å². The van der Waals surface area contributed by atoms with Gasteiger partial charge in [0.2, 0.25) is 5.91 Å². The van der Waals surface area contributed by atoms with Gasteiger partial charge in [0.1, 0.15) is 0 Å². The van der Waals surface area contributed by atoms with E-state index in [4.69, 9.17) is 0 Å². The van der Waals surface area contributed by atoms with Gasteiger partial charge in [0.25, 0.3) is 0 Å². The number of nitrogens with zero attached hydrogens (tertiary/aromatic N) is 1. The number of nitrogens with one attached hydrogen (secondary N) is 2. The molecule has 18 heavy (non-hydrogen) atoms. The van der Waals surface area contributed by atoms with Crippen molar-refractivity contribution >= 4 is 30.7 Å². The minimum atomic E-state index is 0. The first kappa shape index (κ1) is 18.0. The maximum absolute atomic E-state index is 11.4. The average Bonchev–Trinajstić information content (AvgIpc) is 2.94. The van der Waals surface area contributed by atoms with Crippen molar-refractivity contribution < 1.29 is 4.79 Å². The molecule has 0 aromatic rings. The molecular weight excluding hydrogens is 273 g/mol. The summed E-state index contributed by atoms with van der Waals surface area (Å²) in [5.41, 5.74) is 0. The van der Waals surface area contributed by atoms with Crippen LogP contribution in [0.4, 0.5) is 0 Å². The molecule has 0 radical (unpaired) electrons. The van der Waals surface area contributed by atoms with Crippen molar-refractivity contribution in [3.8, 4) is 0 Å². The molecule has 1 amide bonds. The molecule has 1 saturated carbocycles. The second-order valence-corrected chi connectivity index (χ2v) is 4.97. The smallest absolute Gasteiger partial charge is 0.234 e. The van der Waals surface area contributed by atoms with Crippen molar-refractivity contribution in [3.63, 3.8) is 0 Å². The Hall–Kier alpha value is -0.0300. The van der Waals surface area contributed by atoms with Gasteiger partial charge in [-0.15, -0.1) is 24.8 Å². The Morgan fingerprint density at radius 2 is 1.83 bits per heavy atom. The summed E-state index contributed by atoms with van der Waals surface area (Å²) in [7, 11) is 0. The first-order valence-corrected chi connectivity index (χ1v) is 6.54. The van der Waals surface area contributed by atoms with Gasteiger partial charge in [-0.1, -0.05) is 0 Å². The average molecular weight is 298 g/mol. The standard InChI is InChI=1S/C12H23N3O.2ClH/c16-12(10-13-9-11-3-4-11)14-5-8-15-6-1-2-7-15;;/h11,13H,1-10H2,(H,14,16);2*1H. The maximum atomic E-state index is 11.4. The van der Waals surface area contributed by atoms with Crippen LogP contribution in [0, 0.1) is 5.92 Å². The minimum absolute atomic E-state index is 0. The van der Waals surface area contributed by atoms with E-state index < -0.39 is 0 Å². The van der Waals surface area contributed by atoms with Gasteiger partial charge >= 0.3 is 0 Å². The van der Waals surface area contributed by atoms with E-state index in [1.54, 1.807) is 0 Å². The van der Waals surface area contributed by atoms with Gasteiger partial charge in [-0.2, -0.15) is 0 Å². The summed E-state index contributed by atoms with van der Waals surface area (Å²) >= 11 is 0. The van der Waals surface area contributed by atoms with Gasteiger partial charge in [-0.25, -0.2) is 0 Å². The van der Waals surface area contributed by atoms with Crippen molar-refractivity contribution in [2.45, 2.75) is 25.7 Å². The van der Waals surface area contributed by atoms with Crippen LogP contribution in [0.3, 0.4) is 0 Å². The molecule has 0 unspecified atom stereocenters. The Labute approximate surface area is 122 Å². The van der Waals surface area contributed by atoms with Crippen LogP contribution in [0.5, 0.6) is 0 Å². The zero-order valence-electron chi connectivity index (χ0n) is 10.8. The summed E-state index contributed by atoms with van der Waals surface area (Å²) in [6.07, 6.45) is 5.31. The third-order valence-electron chi connectivity index (χ3n) is 3.36. The first-order valence-electron chi connectivity index (χ1n) is 6.54. The summed E-state index contributed by atoms with van der Waals surface area (Å²) in [5.74, 6) is 0.984. The Bertz CT molecular complexity index is 231. The van der Waals surface area contributed by atoms with Gasteiger partial charge in [0.15, 0.2) is 0 Å². The lowest BCUT2D eigenvalue weighted by atomic mass is 10.4. The molecular formula is C12H25Cl2N3O. The highest BCUT2D eigenvalue weighted by Gasteiger charge is 2.20. The highest BCUT2D eigenvalue weighted by molar-refractivity contribution is 5.85. The number of amides is 1. The molecule has 0 spiro atoms. The molecule has 1 heterocycles. The highest BCUT2D eigenvalue weighted by atomic mass is 35.5. The molecule has 0 bridgehead atoms. The number of hydrogen-bond donors (Lipinski definition) is 2. The molecule has 2 fully saturated rings. The minimum Gasteiger partial charge on any atom is -0.354 e. The van der Waals surface area contributed by atoms with E-state index in [0.29, 0.717) is 6.54 Å². The molecule has 1 aliphatic heterocycles. The van der Waals surface area contributed by atoms with Crippen LogP contribution in [-0.2, 0) is 4.79 Å². The molecule has 6 heteroatoms. The Morgan fingerprint density at radius 1 is 1.17 bits per heavy atom. The van der Waals surface area contributed by atoms with E-state index in [1.807, 2.05) is 0 Å². The summed E-state index contributed by atoms with van der Waals surface area (Å²) in [4.78, 5) is 13.8. The zero-order chi connectivity index (χ0) is 11.2. The quantitative estimate of drug-likeness (QED) is 0.738. The molecule has 1 saturated heterocycles. The van der Waals surface area contributed by atoms with Crippen LogP contribution >= 0.6 is 24.8 Å². The molecule has 0 aromatic heterocycles. The van der Waals surface area contributed by atoms with Gasteiger partial charge in [0.05, 0.1) is 6.54 Å². The molecule has 108 valence electrons. The third kappa shape index (κ3) is 7.41. The molecule has 2 aliphatic rings. The zero-order valence-corrected chi connectivity index (χ0v) is 12.5. The number of carbonyl (C=O) groups excluding carboxylic acids is 1. The van der Waals surface area contributed by atoms with Crippen molar-refractivity contribution in [1.29, 1.82) is 0 Å².